The minimum absolute atomic E-state index is 0.262. The Bertz CT molecular complexity index is 644. The molecule has 0 amide bonds. The Hall–Kier alpha value is -2.11. The van der Waals surface area contributed by atoms with Crippen LogP contribution in [0.4, 0.5) is 5.82 Å². The summed E-state index contributed by atoms with van der Waals surface area (Å²) in [5, 5.41) is 16.8. The van der Waals surface area contributed by atoms with Gasteiger partial charge in [0, 0.05) is 30.9 Å². The summed E-state index contributed by atoms with van der Waals surface area (Å²) in [5.74, 6) is 1.67. The Labute approximate surface area is 144 Å². The Morgan fingerprint density at radius 3 is 2.46 bits per heavy atom. The molecule has 0 spiro atoms. The second kappa shape index (κ2) is 8.66. The number of hydrogen-bond donors (Lipinski definition) is 3. The number of pyridine rings is 1. The topological polar surface area (TPSA) is 66.4 Å². The van der Waals surface area contributed by atoms with Crippen LogP contribution in [-0.2, 0) is 6.42 Å². The van der Waals surface area contributed by atoms with Gasteiger partial charge in [-0.3, -0.25) is 0 Å². The summed E-state index contributed by atoms with van der Waals surface area (Å²) >= 11 is 0. The molecule has 0 aliphatic heterocycles. The SMILES string of the molecule is CNc1ccc([C@@H](O)CN[C@H](C)Cc2ccc(OC)cc2)c(C)n1. The molecule has 1 aromatic heterocycles. The zero-order valence-electron chi connectivity index (χ0n) is 14.8. The number of nitrogens with one attached hydrogen (secondary N) is 2. The summed E-state index contributed by atoms with van der Waals surface area (Å²) in [5.41, 5.74) is 2.94. The highest BCUT2D eigenvalue weighted by Gasteiger charge is 2.13. The Morgan fingerprint density at radius 2 is 1.88 bits per heavy atom. The molecule has 0 unspecified atom stereocenters. The number of methoxy groups -OCH3 is 1. The van der Waals surface area contributed by atoms with Gasteiger partial charge in [-0.15, -0.1) is 0 Å². The molecule has 2 atom stereocenters. The first-order chi connectivity index (χ1) is 11.5. The predicted octanol–water partition coefficient (Wildman–Crippen LogP) is 2.69. The smallest absolute Gasteiger partial charge is 0.125 e. The lowest BCUT2D eigenvalue weighted by atomic mass is 10.1. The van der Waals surface area contributed by atoms with Crippen molar-refractivity contribution in [3.8, 4) is 5.75 Å². The van der Waals surface area contributed by atoms with Gasteiger partial charge in [0.2, 0.25) is 0 Å². The zero-order chi connectivity index (χ0) is 17.5. The van der Waals surface area contributed by atoms with Crippen LogP contribution in [0.5, 0.6) is 5.75 Å². The molecule has 1 aromatic carbocycles. The highest BCUT2D eigenvalue weighted by atomic mass is 16.5. The van der Waals surface area contributed by atoms with E-state index < -0.39 is 6.10 Å². The number of ether oxygens (including phenoxy) is 1. The van der Waals surface area contributed by atoms with Crippen molar-refractivity contribution in [2.75, 3.05) is 26.0 Å². The van der Waals surface area contributed by atoms with E-state index in [0.717, 1.165) is 29.2 Å². The molecular formula is C19H27N3O2. The van der Waals surface area contributed by atoms with E-state index in [9.17, 15) is 5.11 Å². The number of anilines is 1. The van der Waals surface area contributed by atoms with Crippen LogP contribution in [0.2, 0.25) is 0 Å². The fourth-order valence-corrected chi connectivity index (χ4v) is 2.67. The normalized spacial score (nSPS) is 13.4. The summed E-state index contributed by atoms with van der Waals surface area (Å²) in [6.45, 7) is 4.53. The van der Waals surface area contributed by atoms with Gasteiger partial charge >= 0.3 is 0 Å². The average Bonchev–Trinajstić information content (AvgIpc) is 2.60. The second-order valence-corrected chi connectivity index (χ2v) is 6.00. The third-order valence-corrected chi connectivity index (χ3v) is 4.10. The van der Waals surface area contributed by atoms with Gasteiger partial charge in [0.25, 0.3) is 0 Å². The maximum Gasteiger partial charge on any atom is 0.125 e. The van der Waals surface area contributed by atoms with Crippen LogP contribution in [-0.4, -0.2) is 36.8 Å². The van der Waals surface area contributed by atoms with E-state index in [0.29, 0.717) is 6.54 Å². The lowest BCUT2D eigenvalue weighted by Gasteiger charge is -2.19. The predicted molar refractivity (Wildman–Crippen MR) is 97.6 cm³/mol. The number of aromatic nitrogens is 1. The molecular weight excluding hydrogens is 302 g/mol. The van der Waals surface area contributed by atoms with E-state index in [1.807, 2.05) is 38.2 Å². The molecule has 0 radical (unpaired) electrons. The molecule has 2 rings (SSSR count). The highest BCUT2D eigenvalue weighted by molar-refractivity contribution is 5.38. The number of benzene rings is 1. The number of aliphatic hydroxyl groups excluding tert-OH is 1. The Balaban J connectivity index is 1.87. The first-order valence-corrected chi connectivity index (χ1v) is 8.23. The quantitative estimate of drug-likeness (QED) is 0.695. The largest absolute Gasteiger partial charge is 0.497 e. The molecule has 0 aliphatic rings. The van der Waals surface area contributed by atoms with Crippen LogP contribution >= 0.6 is 0 Å². The van der Waals surface area contributed by atoms with Gasteiger partial charge in [-0.05, 0) is 44.0 Å². The molecule has 0 fully saturated rings. The van der Waals surface area contributed by atoms with Gasteiger partial charge in [-0.2, -0.15) is 0 Å². The van der Waals surface area contributed by atoms with Crippen LogP contribution < -0.4 is 15.4 Å². The van der Waals surface area contributed by atoms with E-state index in [1.165, 1.54) is 5.56 Å². The molecule has 0 aliphatic carbocycles. The first-order valence-electron chi connectivity index (χ1n) is 8.23. The summed E-state index contributed by atoms with van der Waals surface area (Å²) in [6.07, 6.45) is 0.328. The third-order valence-electron chi connectivity index (χ3n) is 4.10. The molecule has 3 N–H and O–H groups in total. The molecule has 0 saturated carbocycles. The minimum atomic E-state index is -0.568. The van der Waals surface area contributed by atoms with Crippen molar-refractivity contribution >= 4 is 5.82 Å². The van der Waals surface area contributed by atoms with E-state index in [4.69, 9.17) is 4.74 Å². The van der Waals surface area contributed by atoms with Gasteiger partial charge in [0.1, 0.15) is 11.6 Å². The monoisotopic (exact) mass is 329 g/mol. The van der Waals surface area contributed by atoms with Crippen molar-refractivity contribution in [1.82, 2.24) is 10.3 Å². The summed E-state index contributed by atoms with van der Waals surface area (Å²) in [4.78, 5) is 4.41. The van der Waals surface area contributed by atoms with Crippen molar-refractivity contribution in [2.45, 2.75) is 32.4 Å². The summed E-state index contributed by atoms with van der Waals surface area (Å²) in [7, 11) is 3.50. The molecule has 5 heteroatoms. The molecule has 1 heterocycles. The number of aliphatic hydroxyl groups is 1. The molecule has 24 heavy (non-hydrogen) atoms. The lowest BCUT2D eigenvalue weighted by molar-refractivity contribution is 0.169. The second-order valence-electron chi connectivity index (χ2n) is 6.00. The maximum atomic E-state index is 10.4. The fourth-order valence-electron chi connectivity index (χ4n) is 2.67. The third kappa shape index (κ3) is 4.94. The van der Waals surface area contributed by atoms with Gasteiger partial charge in [-0.1, -0.05) is 18.2 Å². The minimum Gasteiger partial charge on any atom is -0.497 e. The van der Waals surface area contributed by atoms with Crippen LogP contribution in [0, 0.1) is 6.92 Å². The molecule has 0 bridgehead atoms. The molecule has 5 nitrogen and oxygen atoms in total. The standard InChI is InChI=1S/C19H27N3O2/c1-13(11-15-5-7-16(24-4)8-6-15)21-12-18(23)17-9-10-19(20-3)22-14(17)2/h5-10,13,18,21,23H,11-12H2,1-4H3,(H,20,22)/t13-,18+/m1/s1. The van der Waals surface area contributed by atoms with E-state index in [-0.39, 0.29) is 6.04 Å². The molecule has 2 aromatic rings. The number of hydrogen-bond acceptors (Lipinski definition) is 5. The van der Waals surface area contributed by atoms with Crippen LogP contribution in [0.15, 0.2) is 36.4 Å². The van der Waals surface area contributed by atoms with E-state index in [2.05, 4.69) is 34.7 Å². The number of rotatable bonds is 8. The first kappa shape index (κ1) is 18.2. The lowest BCUT2D eigenvalue weighted by Crippen LogP contribution is -2.32. The van der Waals surface area contributed by atoms with E-state index in [1.54, 1.807) is 7.11 Å². The van der Waals surface area contributed by atoms with Crippen LogP contribution in [0.3, 0.4) is 0 Å². The Morgan fingerprint density at radius 1 is 1.17 bits per heavy atom. The summed E-state index contributed by atoms with van der Waals surface area (Å²) < 4.78 is 5.17. The van der Waals surface area contributed by atoms with Crippen molar-refractivity contribution in [1.29, 1.82) is 0 Å². The van der Waals surface area contributed by atoms with Crippen LogP contribution in [0.25, 0.3) is 0 Å². The van der Waals surface area contributed by atoms with Crippen molar-refractivity contribution in [3.05, 3.63) is 53.2 Å². The van der Waals surface area contributed by atoms with Gasteiger partial charge in [-0.25, -0.2) is 4.98 Å². The number of nitrogens with zero attached hydrogens (tertiary/aromatic N) is 1. The van der Waals surface area contributed by atoms with Crippen molar-refractivity contribution in [2.24, 2.45) is 0 Å². The maximum absolute atomic E-state index is 10.4. The molecule has 130 valence electrons. The van der Waals surface area contributed by atoms with Crippen molar-refractivity contribution < 1.29 is 9.84 Å². The molecule has 0 saturated heterocycles. The van der Waals surface area contributed by atoms with Gasteiger partial charge in [0.15, 0.2) is 0 Å². The van der Waals surface area contributed by atoms with Crippen molar-refractivity contribution in [3.63, 3.8) is 0 Å². The fraction of sp³-hybridized carbons (Fsp3) is 0.421. The van der Waals surface area contributed by atoms with Gasteiger partial charge in [0.05, 0.1) is 13.2 Å². The highest BCUT2D eigenvalue weighted by Crippen LogP contribution is 2.18. The Kier molecular flexibility index (Phi) is 6.58. The van der Waals surface area contributed by atoms with Crippen LogP contribution in [0.1, 0.15) is 29.8 Å². The van der Waals surface area contributed by atoms with Gasteiger partial charge < -0.3 is 20.5 Å². The number of aryl methyl sites for hydroxylation is 1. The summed E-state index contributed by atoms with van der Waals surface area (Å²) in [6, 6.07) is 12.1. The van der Waals surface area contributed by atoms with E-state index >= 15 is 0 Å². The average molecular weight is 329 g/mol. The zero-order valence-corrected chi connectivity index (χ0v) is 14.8.